The van der Waals surface area contributed by atoms with Crippen LogP contribution in [0.1, 0.15) is 58.3 Å². The van der Waals surface area contributed by atoms with Gasteiger partial charge in [0, 0.05) is 12.8 Å². The molecular formula is C12H23N. The van der Waals surface area contributed by atoms with Crippen molar-refractivity contribution in [3.05, 3.63) is 0 Å². The van der Waals surface area contributed by atoms with Crippen molar-refractivity contribution in [1.29, 1.82) is 0 Å². The van der Waals surface area contributed by atoms with Crippen LogP contribution >= 0.6 is 0 Å². The number of nitrogens with zero attached hydrogens (tertiary/aromatic N) is 1. The molecule has 0 aromatic rings. The average molecular weight is 181 g/mol. The highest BCUT2D eigenvalue weighted by Crippen LogP contribution is 2.21. The highest BCUT2D eigenvalue weighted by molar-refractivity contribution is 5.60. The van der Waals surface area contributed by atoms with E-state index in [4.69, 9.17) is 0 Å². The number of aliphatic imine (C=N–C) groups is 1. The van der Waals surface area contributed by atoms with Crippen molar-refractivity contribution in [3.8, 4) is 0 Å². The zero-order valence-corrected chi connectivity index (χ0v) is 8.97. The third-order valence-corrected chi connectivity index (χ3v) is 2.86. The lowest BCUT2D eigenvalue weighted by Crippen LogP contribution is -2.07. The van der Waals surface area contributed by atoms with Crippen LogP contribution < -0.4 is 0 Å². The van der Waals surface area contributed by atoms with Crippen LogP contribution in [0, 0.1) is 5.92 Å². The van der Waals surface area contributed by atoms with E-state index in [9.17, 15) is 0 Å². The molecule has 1 rings (SSSR count). The first-order valence-electron chi connectivity index (χ1n) is 5.93. The van der Waals surface area contributed by atoms with Crippen molar-refractivity contribution in [2.75, 3.05) is 6.54 Å². The lowest BCUT2D eigenvalue weighted by Gasteiger charge is -2.16. The first-order valence-corrected chi connectivity index (χ1v) is 5.93. The van der Waals surface area contributed by atoms with E-state index in [-0.39, 0.29) is 0 Å². The maximum atomic E-state index is 4.51. The highest BCUT2D eigenvalue weighted by Gasteiger charge is 2.09. The Morgan fingerprint density at radius 3 is 2.62 bits per heavy atom. The summed E-state index contributed by atoms with van der Waals surface area (Å²) in [6.07, 6.45) is 13.2. The Morgan fingerprint density at radius 1 is 1.15 bits per heavy atom. The van der Waals surface area contributed by atoms with E-state index in [0.717, 1.165) is 12.5 Å². The molecule has 0 saturated heterocycles. The second-order valence-electron chi connectivity index (χ2n) is 4.16. The molecule has 0 aliphatic heterocycles. The van der Waals surface area contributed by atoms with Gasteiger partial charge in [0.25, 0.3) is 0 Å². The normalized spacial score (nSPS) is 19.8. The highest BCUT2D eigenvalue weighted by atomic mass is 14.7. The number of hydrogen-bond donors (Lipinski definition) is 0. The summed E-state index contributed by atoms with van der Waals surface area (Å²) in [5, 5.41) is 0. The van der Waals surface area contributed by atoms with Crippen molar-refractivity contribution in [3.63, 3.8) is 0 Å². The Morgan fingerprint density at radius 2 is 1.92 bits per heavy atom. The summed E-state index contributed by atoms with van der Waals surface area (Å²) in [5.41, 5.74) is 0. The molecule has 1 aliphatic carbocycles. The van der Waals surface area contributed by atoms with E-state index in [2.05, 4.69) is 18.1 Å². The van der Waals surface area contributed by atoms with Crippen molar-refractivity contribution in [2.45, 2.75) is 58.3 Å². The first-order chi connectivity index (χ1) is 6.43. The molecule has 0 unspecified atom stereocenters. The molecule has 0 aromatic carbocycles. The van der Waals surface area contributed by atoms with Gasteiger partial charge in [0.05, 0.1) is 0 Å². The molecular weight excluding hydrogens is 158 g/mol. The van der Waals surface area contributed by atoms with E-state index >= 15 is 0 Å². The quantitative estimate of drug-likeness (QED) is 0.451. The number of hydrogen-bond acceptors (Lipinski definition) is 1. The van der Waals surface area contributed by atoms with E-state index in [0.29, 0.717) is 0 Å². The fraction of sp³-hybridized carbons (Fsp3) is 0.917. The molecule has 0 bridgehead atoms. The second kappa shape index (κ2) is 7.11. The molecule has 1 heteroatoms. The molecule has 76 valence electrons. The summed E-state index contributed by atoms with van der Waals surface area (Å²) < 4.78 is 0. The fourth-order valence-corrected chi connectivity index (χ4v) is 1.96. The van der Waals surface area contributed by atoms with E-state index in [1.807, 2.05) is 0 Å². The van der Waals surface area contributed by atoms with Crippen LogP contribution in [-0.2, 0) is 0 Å². The van der Waals surface area contributed by atoms with Gasteiger partial charge in [-0.2, -0.15) is 0 Å². The summed E-state index contributed by atoms with van der Waals surface area (Å²) in [5.74, 6) is 0.815. The van der Waals surface area contributed by atoms with Crippen LogP contribution in [0.5, 0.6) is 0 Å². The topological polar surface area (TPSA) is 12.4 Å². The SMILES string of the molecule is CCCCCN=CC1CCCCC1. The lowest BCUT2D eigenvalue weighted by atomic mass is 9.90. The molecule has 0 atom stereocenters. The Balaban J connectivity index is 2.01. The predicted molar refractivity (Wildman–Crippen MR) is 59.5 cm³/mol. The van der Waals surface area contributed by atoms with Gasteiger partial charge in [0.1, 0.15) is 0 Å². The molecule has 1 fully saturated rings. The van der Waals surface area contributed by atoms with Crippen LogP contribution in [-0.4, -0.2) is 12.8 Å². The first kappa shape index (κ1) is 10.7. The summed E-state index contributed by atoms with van der Waals surface area (Å²) in [6, 6.07) is 0. The largest absolute Gasteiger partial charge is 0.297 e. The van der Waals surface area contributed by atoms with Gasteiger partial charge in [-0.1, -0.05) is 39.0 Å². The predicted octanol–water partition coefficient (Wildman–Crippen LogP) is 3.83. The Bertz CT molecular complexity index is 134. The molecule has 1 nitrogen and oxygen atoms in total. The van der Waals surface area contributed by atoms with Gasteiger partial charge in [-0.15, -0.1) is 0 Å². The van der Waals surface area contributed by atoms with Gasteiger partial charge < -0.3 is 0 Å². The van der Waals surface area contributed by atoms with Gasteiger partial charge in [0.2, 0.25) is 0 Å². The van der Waals surface area contributed by atoms with Crippen molar-refractivity contribution < 1.29 is 0 Å². The van der Waals surface area contributed by atoms with Crippen molar-refractivity contribution in [1.82, 2.24) is 0 Å². The van der Waals surface area contributed by atoms with Gasteiger partial charge in [-0.05, 0) is 25.2 Å². The second-order valence-corrected chi connectivity index (χ2v) is 4.16. The van der Waals surface area contributed by atoms with Crippen LogP contribution in [0.4, 0.5) is 0 Å². The van der Waals surface area contributed by atoms with E-state index in [1.165, 1.54) is 51.4 Å². The van der Waals surface area contributed by atoms with Crippen molar-refractivity contribution in [2.24, 2.45) is 10.9 Å². The monoisotopic (exact) mass is 181 g/mol. The molecule has 13 heavy (non-hydrogen) atoms. The lowest BCUT2D eigenvalue weighted by molar-refractivity contribution is 0.444. The smallest absolute Gasteiger partial charge is 0.0385 e. The van der Waals surface area contributed by atoms with Crippen molar-refractivity contribution >= 4 is 6.21 Å². The molecule has 1 aliphatic rings. The van der Waals surface area contributed by atoms with Gasteiger partial charge in [-0.3, -0.25) is 4.99 Å². The summed E-state index contributed by atoms with van der Waals surface area (Å²) in [6.45, 7) is 3.30. The molecule has 0 N–H and O–H groups in total. The minimum Gasteiger partial charge on any atom is -0.297 e. The fourth-order valence-electron chi connectivity index (χ4n) is 1.96. The summed E-state index contributed by atoms with van der Waals surface area (Å²) in [4.78, 5) is 4.51. The Kier molecular flexibility index (Phi) is 5.88. The van der Waals surface area contributed by atoms with Crippen LogP contribution in [0.2, 0.25) is 0 Å². The van der Waals surface area contributed by atoms with E-state index in [1.54, 1.807) is 0 Å². The number of rotatable bonds is 5. The standard InChI is InChI=1S/C12H23N/c1-2-3-7-10-13-11-12-8-5-4-6-9-12/h11-12H,2-10H2,1H3. The van der Waals surface area contributed by atoms with Gasteiger partial charge in [-0.25, -0.2) is 0 Å². The van der Waals surface area contributed by atoms with Crippen LogP contribution in [0.25, 0.3) is 0 Å². The number of unbranched alkanes of at least 4 members (excludes halogenated alkanes) is 2. The molecule has 0 spiro atoms. The molecule has 0 heterocycles. The Labute approximate surface area is 82.6 Å². The van der Waals surface area contributed by atoms with Gasteiger partial charge in [0.15, 0.2) is 0 Å². The zero-order valence-electron chi connectivity index (χ0n) is 8.97. The maximum absolute atomic E-state index is 4.51. The maximum Gasteiger partial charge on any atom is 0.0385 e. The third-order valence-electron chi connectivity index (χ3n) is 2.86. The minimum absolute atomic E-state index is 0.815. The van der Waals surface area contributed by atoms with Crippen LogP contribution in [0.3, 0.4) is 0 Å². The summed E-state index contributed by atoms with van der Waals surface area (Å²) in [7, 11) is 0. The molecule has 0 aromatic heterocycles. The van der Waals surface area contributed by atoms with Crippen LogP contribution in [0.15, 0.2) is 4.99 Å². The molecule has 0 radical (unpaired) electrons. The van der Waals surface area contributed by atoms with Gasteiger partial charge >= 0.3 is 0 Å². The minimum atomic E-state index is 0.815. The Hall–Kier alpha value is -0.330. The molecule has 1 saturated carbocycles. The zero-order chi connectivity index (χ0) is 9.36. The van der Waals surface area contributed by atoms with E-state index < -0.39 is 0 Å². The third kappa shape index (κ3) is 5.07. The average Bonchev–Trinajstić information content (AvgIpc) is 2.19. The molecule has 0 amide bonds. The summed E-state index contributed by atoms with van der Waals surface area (Å²) >= 11 is 0.